The topological polar surface area (TPSA) is 80.3 Å². The molecule has 21 heavy (non-hydrogen) atoms. The molecule has 0 amide bonds. The maximum absolute atomic E-state index is 12.9. The highest BCUT2D eigenvalue weighted by Crippen LogP contribution is 2.48. The van der Waals surface area contributed by atoms with Gasteiger partial charge in [0.2, 0.25) is 0 Å². The first-order valence-electron chi connectivity index (χ1n) is 4.18. The first-order chi connectivity index (χ1) is 8.71. The monoisotopic (exact) mass is 377 g/mol. The van der Waals surface area contributed by atoms with Gasteiger partial charge >= 0.3 is 32.6 Å². The number of nitrogens with one attached hydrogen (secondary N) is 1. The van der Waals surface area contributed by atoms with Crippen LogP contribution in [0.1, 0.15) is 6.92 Å². The molecule has 0 aromatic heterocycles. The van der Waals surface area contributed by atoms with Crippen molar-refractivity contribution in [2.24, 2.45) is 0 Å². The standard InChI is InChI=1S/C5H4F9NO4S2/c1-2(6,7)3(8,9)4(10,11)20(16,17)15-21(18,19)5(12,13)14/h15H,1H3. The average Bonchev–Trinajstić information content (AvgIpc) is 2.11. The maximum Gasteiger partial charge on any atom is 0.512 e. The van der Waals surface area contributed by atoms with Crippen LogP contribution in [0.5, 0.6) is 0 Å². The molecule has 0 unspecified atom stereocenters. The largest absolute Gasteiger partial charge is 0.512 e. The molecule has 0 aliphatic heterocycles. The molecule has 0 radical (unpaired) electrons. The van der Waals surface area contributed by atoms with Crippen LogP contribution in [0.3, 0.4) is 0 Å². The molecule has 128 valence electrons. The SMILES string of the molecule is CC(F)(F)C(F)(F)C(F)(F)S(=O)(=O)NS(=O)(=O)C(F)(F)F. The third-order valence-corrected chi connectivity index (χ3v) is 5.07. The van der Waals surface area contributed by atoms with Gasteiger partial charge < -0.3 is 0 Å². The van der Waals surface area contributed by atoms with Gasteiger partial charge in [0.1, 0.15) is 0 Å². The first kappa shape index (κ1) is 20.2. The highest BCUT2D eigenvalue weighted by molar-refractivity contribution is 8.05. The quantitative estimate of drug-likeness (QED) is 0.739. The Bertz CT molecular complexity index is 599. The number of hydrogen-bond donors (Lipinski definition) is 1. The van der Waals surface area contributed by atoms with Crippen LogP contribution in [0.25, 0.3) is 0 Å². The highest BCUT2D eigenvalue weighted by atomic mass is 32.3. The Morgan fingerprint density at radius 3 is 1.29 bits per heavy atom. The van der Waals surface area contributed by atoms with Gasteiger partial charge in [-0.15, -0.1) is 0 Å². The molecule has 5 nitrogen and oxygen atoms in total. The lowest BCUT2D eigenvalue weighted by atomic mass is 10.2. The Morgan fingerprint density at radius 1 is 0.714 bits per heavy atom. The van der Waals surface area contributed by atoms with E-state index in [1.165, 1.54) is 0 Å². The Balaban J connectivity index is 5.97. The lowest BCUT2D eigenvalue weighted by Gasteiger charge is -2.30. The van der Waals surface area contributed by atoms with Crippen LogP contribution in [0.2, 0.25) is 0 Å². The predicted octanol–water partition coefficient (Wildman–Crippen LogP) is 1.64. The first-order valence-corrected chi connectivity index (χ1v) is 7.15. The van der Waals surface area contributed by atoms with Crippen molar-refractivity contribution in [2.45, 2.75) is 29.5 Å². The van der Waals surface area contributed by atoms with Gasteiger partial charge in [0, 0.05) is 6.92 Å². The molecule has 1 N–H and O–H groups in total. The zero-order valence-electron chi connectivity index (χ0n) is 9.35. The molecule has 0 fully saturated rings. The third kappa shape index (κ3) is 3.36. The molecule has 0 rings (SSSR count). The maximum atomic E-state index is 12.9. The molecule has 0 aromatic rings. The van der Waals surface area contributed by atoms with Gasteiger partial charge in [0.05, 0.1) is 0 Å². The summed E-state index contributed by atoms with van der Waals surface area (Å²) < 4.78 is 152. The molecule has 0 aliphatic rings. The smallest absolute Gasteiger partial charge is 0.205 e. The van der Waals surface area contributed by atoms with E-state index in [-0.39, 0.29) is 0 Å². The molecule has 0 aromatic carbocycles. The van der Waals surface area contributed by atoms with E-state index in [0.717, 1.165) is 0 Å². The summed E-state index contributed by atoms with van der Waals surface area (Å²) in [6.07, 6.45) is 0. The minimum absolute atomic E-state index is 0.753. The molecule has 0 atom stereocenters. The summed E-state index contributed by atoms with van der Waals surface area (Å²) in [7, 11) is -14.4. The lowest BCUT2D eigenvalue weighted by Crippen LogP contribution is -2.60. The van der Waals surface area contributed by atoms with Gasteiger partial charge in [-0.1, -0.05) is 4.13 Å². The third-order valence-electron chi connectivity index (χ3n) is 1.78. The van der Waals surface area contributed by atoms with Crippen LogP contribution in [0, 0.1) is 0 Å². The van der Waals surface area contributed by atoms with Crippen molar-refractivity contribution in [3.05, 3.63) is 0 Å². The fraction of sp³-hybridized carbons (Fsp3) is 1.00. The molecule has 0 spiro atoms. The van der Waals surface area contributed by atoms with Gasteiger partial charge in [-0.25, -0.2) is 16.8 Å². The van der Waals surface area contributed by atoms with Crippen molar-refractivity contribution in [1.82, 2.24) is 4.13 Å². The average molecular weight is 377 g/mol. The molecule has 0 saturated heterocycles. The fourth-order valence-corrected chi connectivity index (χ4v) is 3.14. The minimum Gasteiger partial charge on any atom is -0.205 e. The van der Waals surface area contributed by atoms with Crippen molar-refractivity contribution in [1.29, 1.82) is 0 Å². The number of hydrogen-bond acceptors (Lipinski definition) is 4. The van der Waals surface area contributed by atoms with Crippen LogP contribution in [-0.4, -0.2) is 39.4 Å². The number of alkyl halides is 9. The minimum atomic E-state index is -7.36. The molecule has 0 aliphatic carbocycles. The second kappa shape index (κ2) is 4.87. The van der Waals surface area contributed by atoms with Gasteiger partial charge in [-0.3, -0.25) is 0 Å². The van der Waals surface area contributed by atoms with Crippen molar-refractivity contribution < 1.29 is 56.3 Å². The van der Waals surface area contributed by atoms with Crippen molar-refractivity contribution in [3.63, 3.8) is 0 Å². The van der Waals surface area contributed by atoms with Gasteiger partial charge in [-0.2, -0.15) is 39.5 Å². The zero-order valence-corrected chi connectivity index (χ0v) is 11.0. The summed E-state index contributed by atoms with van der Waals surface area (Å²) in [5.41, 5.74) is -6.46. The Labute approximate surface area is 111 Å². The van der Waals surface area contributed by atoms with Crippen LogP contribution in [0.4, 0.5) is 39.5 Å². The molecular formula is C5H4F9NO4S2. The summed E-state index contributed by atoms with van der Waals surface area (Å²) in [6.45, 7) is -0.839. The number of halogens is 9. The summed E-state index contributed by atoms with van der Waals surface area (Å²) in [5.74, 6) is -12.4. The summed E-state index contributed by atoms with van der Waals surface area (Å²) in [6, 6.07) is 0. The second-order valence-electron chi connectivity index (χ2n) is 3.52. The number of rotatable bonds is 5. The molecular weight excluding hydrogens is 373 g/mol. The fourth-order valence-electron chi connectivity index (χ4n) is 0.668. The van der Waals surface area contributed by atoms with E-state index >= 15 is 0 Å². The Kier molecular flexibility index (Phi) is 4.69. The van der Waals surface area contributed by atoms with E-state index in [2.05, 4.69) is 0 Å². The van der Waals surface area contributed by atoms with Gasteiger partial charge in [-0.05, 0) is 0 Å². The van der Waals surface area contributed by atoms with E-state index < -0.39 is 53.7 Å². The summed E-state index contributed by atoms with van der Waals surface area (Å²) >= 11 is 0. The molecule has 0 bridgehead atoms. The van der Waals surface area contributed by atoms with Crippen LogP contribution >= 0.6 is 0 Å². The van der Waals surface area contributed by atoms with E-state index in [4.69, 9.17) is 0 Å². The van der Waals surface area contributed by atoms with Crippen LogP contribution in [0.15, 0.2) is 0 Å². The van der Waals surface area contributed by atoms with E-state index in [1.54, 1.807) is 0 Å². The lowest BCUT2D eigenvalue weighted by molar-refractivity contribution is -0.271. The van der Waals surface area contributed by atoms with Crippen LogP contribution in [-0.2, 0) is 20.0 Å². The van der Waals surface area contributed by atoms with E-state index in [1.807, 2.05) is 0 Å². The Morgan fingerprint density at radius 2 is 1.05 bits per heavy atom. The van der Waals surface area contributed by atoms with Crippen molar-refractivity contribution in [2.75, 3.05) is 0 Å². The van der Waals surface area contributed by atoms with Gasteiger partial charge in [0.15, 0.2) is 0 Å². The molecule has 16 heteroatoms. The summed E-state index contributed by atoms with van der Waals surface area (Å²) in [4.78, 5) is 0. The predicted molar refractivity (Wildman–Crippen MR) is 47.5 cm³/mol. The highest BCUT2D eigenvalue weighted by Gasteiger charge is 2.76. The Hall–Kier alpha value is -0.770. The van der Waals surface area contributed by atoms with Crippen molar-refractivity contribution in [3.8, 4) is 0 Å². The van der Waals surface area contributed by atoms with E-state index in [9.17, 15) is 56.3 Å². The molecule has 0 saturated carbocycles. The van der Waals surface area contributed by atoms with E-state index in [0.29, 0.717) is 0 Å². The van der Waals surface area contributed by atoms with Crippen LogP contribution < -0.4 is 4.13 Å². The summed E-state index contributed by atoms with van der Waals surface area (Å²) in [5, 5.41) is -6.85. The zero-order chi connectivity index (χ0) is 17.7. The second-order valence-corrected chi connectivity index (χ2v) is 7.17. The molecule has 0 heterocycles. The van der Waals surface area contributed by atoms with Gasteiger partial charge in [0.25, 0.3) is 10.0 Å². The normalized spacial score (nSPS) is 16.1. The number of sulfonamides is 2. The van der Waals surface area contributed by atoms with Crippen molar-refractivity contribution >= 4 is 20.0 Å².